The maximum atomic E-state index is 13.6. The van der Waals surface area contributed by atoms with Gasteiger partial charge in [0.15, 0.2) is 0 Å². The third-order valence-electron chi connectivity index (χ3n) is 3.86. The molecule has 3 N–H and O–H groups in total. The van der Waals surface area contributed by atoms with Gasteiger partial charge in [-0.3, -0.25) is 14.3 Å². The molecule has 2 rings (SSSR count). The largest absolute Gasteiger partial charge is 0.506 e. The Hall–Kier alpha value is -2.45. The molecule has 0 aliphatic carbocycles. The predicted octanol–water partition coefficient (Wildman–Crippen LogP) is 3.22. The van der Waals surface area contributed by atoms with Gasteiger partial charge in [0.05, 0.1) is 26.4 Å². The van der Waals surface area contributed by atoms with Gasteiger partial charge in [0, 0.05) is 25.5 Å². The van der Waals surface area contributed by atoms with Crippen molar-refractivity contribution >= 4 is 13.7 Å². The number of ether oxygens (including phenoxy) is 1. The van der Waals surface area contributed by atoms with Crippen LogP contribution in [-0.2, 0) is 31.8 Å². The molecule has 0 aliphatic heterocycles. The number of carbonyl (C=O) groups excluding carboxylic acids is 1. The van der Waals surface area contributed by atoms with Crippen LogP contribution in [0, 0.1) is 6.92 Å². The first-order chi connectivity index (χ1) is 16.9. The second-order valence-electron chi connectivity index (χ2n) is 6.13. The first-order valence-corrected chi connectivity index (χ1v) is 10.3. The van der Waals surface area contributed by atoms with E-state index in [2.05, 4.69) is 14.8 Å². The minimum atomic E-state index is -4.51. The average Bonchev–Trinajstić information content (AvgIpc) is 2.78. The Balaban J connectivity index is 2.33. The third kappa shape index (κ3) is 6.53. The summed E-state index contributed by atoms with van der Waals surface area (Å²) in [5, 5.41) is 22.0. The van der Waals surface area contributed by atoms with Crippen LogP contribution in [0.4, 0.5) is 0 Å². The Morgan fingerprint density at radius 3 is 2.70 bits per heavy atom. The summed E-state index contributed by atoms with van der Waals surface area (Å²) in [6, 6.07) is 5.95. The summed E-state index contributed by atoms with van der Waals surface area (Å²) in [6.45, 7) is -5.61. The van der Waals surface area contributed by atoms with Gasteiger partial charge in [-0.05, 0) is 39.7 Å². The molecule has 2 atom stereocenters. The lowest BCUT2D eigenvalue weighted by Gasteiger charge is -2.23. The zero-order valence-corrected chi connectivity index (χ0v) is 17.2. The van der Waals surface area contributed by atoms with Crippen LogP contribution >= 0.6 is 7.75 Å². The number of benzene rings is 1. The van der Waals surface area contributed by atoms with E-state index < -0.39 is 52.8 Å². The average molecular weight is 445 g/mol. The first kappa shape index (κ1) is 15.4. The number of para-hydroxylation sites is 1. The highest BCUT2D eigenvalue weighted by Gasteiger charge is 2.33. The fourth-order valence-electron chi connectivity index (χ4n) is 2.33. The summed E-state index contributed by atoms with van der Waals surface area (Å²) >= 11 is 0. The number of hydrogen-bond donors (Lipinski definition) is 3. The number of aliphatic hydroxyl groups is 1. The monoisotopic (exact) mass is 445 g/mol. The fraction of sp³-hybridized carbons (Fsp3) is 0.400. The lowest BCUT2D eigenvalue weighted by Crippen LogP contribution is -2.36. The minimum Gasteiger partial charge on any atom is -0.506 e. The Bertz CT molecular complexity index is 1130. The first-order valence-electron chi connectivity index (χ1n) is 12.2. The molecule has 1 aromatic heterocycles. The molecule has 0 saturated heterocycles. The third-order valence-corrected chi connectivity index (χ3v) is 5.48. The molecule has 2 aromatic rings. The fourth-order valence-corrected chi connectivity index (χ4v) is 3.80. The molecule has 0 radical (unpaired) electrons. The number of aliphatic hydroxyl groups excluding tert-OH is 1. The van der Waals surface area contributed by atoms with Crippen molar-refractivity contribution in [3.63, 3.8) is 0 Å². The van der Waals surface area contributed by atoms with E-state index in [-0.39, 0.29) is 28.3 Å². The quantitative estimate of drug-likeness (QED) is 0.373. The molecule has 1 unspecified atom stereocenters. The zero-order valence-electron chi connectivity index (χ0n) is 23.3. The van der Waals surface area contributed by atoms with Crippen LogP contribution in [-0.4, -0.2) is 33.3 Å². The number of nitrogens with one attached hydrogen (secondary N) is 1. The molecule has 0 fully saturated rings. The van der Waals surface area contributed by atoms with Crippen LogP contribution < -0.4 is 9.61 Å². The van der Waals surface area contributed by atoms with Crippen LogP contribution in [0.1, 0.15) is 47.0 Å². The maximum absolute atomic E-state index is 13.6. The summed E-state index contributed by atoms with van der Waals surface area (Å²) in [5.74, 6) is -1.77. The number of aromatic hydroxyl groups is 1. The highest BCUT2D eigenvalue weighted by Crippen LogP contribution is 2.46. The molecule has 0 saturated carbocycles. The summed E-state index contributed by atoms with van der Waals surface area (Å²) in [4.78, 5) is 16.6. The molecule has 0 aliphatic rings. The zero-order chi connectivity index (χ0) is 28.2. The predicted molar refractivity (Wildman–Crippen MR) is 110 cm³/mol. The molecule has 10 heteroatoms. The Labute approximate surface area is 185 Å². The lowest BCUT2D eigenvalue weighted by molar-refractivity contribution is -0.149. The van der Waals surface area contributed by atoms with Crippen molar-refractivity contribution in [1.82, 2.24) is 10.1 Å². The van der Waals surface area contributed by atoms with Gasteiger partial charge < -0.3 is 19.5 Å². The van der Waals surface area contributed by atoms with E-state index in [1.54, 1.807) is 18.2 Å². The summed E-state index contributed by atoms with van der Waals surface area (Å²) in [5.41, 5.74) is 0.434. The number of hydrogen-bond acceptors (Lipinski definition) is 8. The van der Waals surface area contributed by atoms with Crippen LogP contribution in [0.25, 0.3) is 0 Å². The SMILES string of the molecule is [2H]C([2H])([2H])C([2H])(OC(=O)[C@H](C)NP(=O)(OCc1cnc(C)c(O)c1CO)Oc1ccccc1)C([2H])([2H])[2H]. The van der Waals surface area contributed by atoms with Crippen molar-refractivity contribution < 1.29 is 43.0 Å². The van der Waals surface area contributed by atoms with Crippen LogP contribution in [0.15, 0.2) is 36.5 Å². The van der Waals surface area contributed by atoms with Crippen LogP contribution in [0.2, 0.25) is 0 Å². The van der Waals surface area contributed by atoms with Crippen molar-refractivity contribution in [1.29, 1.82) is 0 Å². The van der Waals surface area contributed by atoms with Gasteiger partial charge in [0.1, 0.15) is 17.5 Å². The topological polar surface area (TPSA) is 127 Å². The van der Waals surface area contributed by atoms with Crippen molar-refractivity contribution in [2.75, 3.05) is 0 Å². The lowest BCUT2D eigenvalue weighted by atomic mass is 10.1. The Morgan fingerprint density at radius 2 is 2.07 bits per heavy atom. The van der Waals surface area contributed by atoms with Gasteiger partial charge >= 0.3 is 13.7 Å². The summed E-state index contributed by atoms with van der Waals surface area (Å²) in [6.07, 6.45) is -2.33. The van der Waals surface area contributed by atoms with E-state index in [0.29, 0.717) is 0 Å². The van der Waals surface area contributed by atoms with E-state index in [1.807, 2.05) is 0 Å². The number of rotatable bonds is 10. The second kappa shape index (κ2) is 10.5. The van der Waals surface area contributed by atoms with Crippen molar-refractivity contribution in [3.05, 3.63) is 53.3 Å². The van der Waals surface area contributed by atoms with Gasteiger partial charge in [0.2, 0.25) is 0 Å². The number of nitrogens with zero attached hydrogens (tertiary/aromatic N) is 1. The minimum absolute atomic E-state index is 0.0472. The van der Waals surface area contributed by atoms with Gasteiger partial charge in [-0.15, -0.1) is 0 Å². The Morgan fingerprint density at radius 1 is 1.37 bits per heavy atom. The molecule has 30 heavy (non-hydrogen) atoms. The van der Waals surface area contributed by atoms with Crippen molar-refractivity contribution in [2.45, 2.75) is 52.9 Å². The molecule has 9 nitrogen and oxygen atoms in total. The second-order valence-corrected chi connectivity index (χ2v) is 7.82. The van der Waals surface area contributed by atoms with E-state index in [4.69, 9.17) is 18.6 Å². The molecule has 0 amide bonds. The number of aromatic nitrogens is 1. The Kier molecular flexibility index (Phi) is 5.40. The smallest absolute Gasteiger partial charge is 0.459 e. The molecular weight excluding hydrogens is 411 g/mol. The highest BCUT2D eigenvalue weighted by molar-refractivity contribution is 7.52. The van der Waals surface area contributed by atoms with E-state index >= 15 is 0 Å². The van der Waals surface area contributed by atoms with E-state index in [0.717, 1.165) is 6.92 Å². The maximum Gasteiger partial charge on any atom is 0.459 e. The summed E-state index contributed by atoms with van der Waals surface area (Å²) < 4.78 is 81.1. The number of aryl methyl sites for hydroxylation is 1. The van der Waals surface area contributed by atoms with Gasteiger partial charge in [0.25, 0.3) is 0 Å². The summed E-state index contributed by atoms with van der Waals surface area (Å²) in [7, 11) is -4.51. The van der Waals surface area contributed by atoms with E-state index in [9.17, 15) is 19.6 Å². The molecule has 0 spiro atoms. The van der Waals surface area contributed by atoms with Crippen LogP contribution in [0.3, 0.4) is 0 Å². The van der Waals surface area contributed by atoms with Crippen molar-refractivity contribution in [2.24, 2.45) is 0 Å². The standard InChI is InChI=1S/C20H27N2O7P/c1-13(2)28-20(25)15(4)22-30(26,29-17-8-6-5-7-9-17)27-12-16-10-21-14(3)19(24)18(16)11-23/h5-10,13,15,23-24H,11-12H2,1-4H3,(H,22,26)/t15-,30?/m0/s1/i1D3,2D3,13D. The van der Waals surface area contributed by atoms with E-state index in [1.165, 1.54) is 25.3 Å². The highest BCUT2D eigenvalue weighted by atomic mass is 31.2. The van der Waals surface area contributed by atoms with Gasteiger partial charge in [-0.25, -0.2) is 4.57 Å². The molecule has 1 aromatic carbocycles. The normalized spacial score (nSPS) is 18.8. The molecule has 164 valence electrons. The molecule has 1 heterocycles. The van der Waals surface area contributed by atoms with Crippen LogP contribution in [0.5, 0.6) is 11.5 Å². The number of carbonyl (C=O) groups is 1. The number of pyridine rings is 1. The molecule has 0 bridgehead atoms. The van der Waals surface area contributed by atoms with Gasteiger partial charge in [-0.1, -0.05) is 18.2 Å². The van der Waals surface area contributed by atoms with Crippen molar-refractivity contribution in [3.8, 4) is 11.5 Å². The number of esters is 1. The molecular formula is C20H27N2O7P. The van der Waals surface area contributed by atoms with Gasteiger partial charge in [-0.2, -0.15) is 5.09 Å².